The maximum Gasteiger partial charge on any atom is 0.336 e. The summed E-state index contributed by atoms with van der Waals surface area (Å²) >= 11 is 7.89. The normalized spacial score (nSPS) is 15.0. The number of nitrogens with one attached hydrogen (secondary N) is 2. The van der Waals surface area contributed by atoms with E-state index in [9.17, 15) is 24.3 Å². The second kappa shape index (κ2) is 18.0. The van der Waals surface area contributed by atoms with Crippen LogP contribution in [0.1, 0.15) is 91.2 Å². The molecule has 13 nitrogen and oxygen atoms in total. The van der Waals surface area contributed by atoms with Gasteiger partial charge in [-0.25, -0.2) is 4.79 Å². The molecule has 1 atom stereocenters. The van der Waals surface area contributed by atoms with Gasteiger partial charge in [0.1, 0.15) is 16.9 Å². The van der Waals surface area contributed by atoms with E-state index in [0.717, 1.165) is 33.2 Å². The number of aromatic nitrogens is 3. The van der Waals surface area contributed by atoms with E-state index < -0.39 is 12.0 Å². The second-order valence-electron chi connectivity index (χ2n) is 13.2. The molecule has 2 aromatic heterocycles. The number of hydrogen-bond acceptors (Lipinski definition) is 9. The van der Waals surface area contributed by atoms with Crippen molar-refractivity contribution in [1.29, 1.82) is 0 Å². The van der Waals surface area contributed by atoms with Gasteiger partial charge in [0.15, 0.2) is 5.82 Å². The van der Waals surface area contributed by atoms with Crippen LogP contribution in [-0.2, 0) is 9.59 Å². The zero-order chi connectivity index (χ0) is 38.5. The molecule has 0 unspecified atom stereocenters. The third-order valence-corrected chi connectivity index (χ3v) is 11.2. The predicted octanol–water partition coefficient (Wildman–Crippen LogP) is 4.79. The number of benzene rings is 2. The fourth-order valence-corrected chi connectivity index (χ4v) is 8.03. The van der Waals surface area contributed by atoms with Crippen molar-refractivity contribution >= 4 is 64.7 Å². The number of carboxylic acids is 1. The minimum atomic E-state index is -1.14. The average molecular weight is 806 g/mol. The Balaban J connectivity index is 0.00000580. The summed E-state index contributed by atoms with van der Waals surface area (Å²) in [6.45, 7) is 7.70. The number of hydrogen-bond donors (Lipinski definition) is 4. The predicted molar refractivity (Wildman–Crippen MR) is 214 cm³/mol. The van der Waals surface area contributed by atoms with Gasteiger partial charge < -0.3 is 26.4 Å². The van der Waals surface area contributed by atoms with Crippen LogP contribution < -0.4 is 16.4 Å². The molecule has 3 amide bonds. The lowest BCUT2D eigenvalue weighted by Crippen LogP contribution is -2.43. The Bertz CT molecular complexity index is 2200. The highest BCUT2D eigenvalue weighted by molar-refractivity contribution is 7.15. The Kier molecular flexibility index (Phi) is 13.5. The van der Waals surface area contributed by atoms with Crippen LogP contribution in [0.25, 0.3) is 5.00 Å². The number of aryl methyl sites for hydroxylation is 2. The van der Waals surface area contributed by atoms with E-state index >= 15 is 0 Å². The number of amides is 3. The molecule has 4 aromatic rings. The number of carbonyl (C=O) groups excluding carboxylic acids is 3. The van der Waals surface area contributed by atoms with Crippen molar-refractivity contribution in [2.45, 2.75) is 52.5 Å². The van der Waals surface area contributed by atoms with Crippen LogP contribution in [-0.4, -0.2) is 86.9 Å². The Morgan fingerprint density at radius 2 is 1.73 bits per heavy atom. The Hall–Kier alpha value is -5.07. The van der Waals surface area contributed by atoms with Gasteiger partial charge in [-0.3, -0.25) is 23.9 Å². The molecule has 1 fully saturated rings. The van der Waals surface area contributed by atoms with Crippen molar-refractivity contribution in [3.05, 3.63) is 97.4 Å². The van der Waals surface area contributed by atoms with E-state index in [1.54, 1.807) is 16.2 Å². The molecular weight excluding hydrogens is 763 g/mol. The van der Waals surface area contributed by atoms with Gasteiger partial charge in [0.2, 0.25) is 11.8 Å². The summed E-state index contributed by atoms with van der Waals surface area (Å²) in [7, 11) is 0. The fraction of sp³-hybridized carbons (Fsp3) is 0.359. The first-order chi connectivity index (χ1) is 26.0. The first-order valence-electron chi connectivity index (χ1n) is 17.7. The molecule has 0 aliphatic carbocycles. The third-order valence-electron chi connectivity index (χ3n) is 9.72. The van der Waals surface area contributed by atoms with E-state index in [1.807, 2.05) is 35.8 Å². The molecule has 6 rings (SSSR count). The Morgan fingerprint density at radius 3 is 2.42 bits per heavy atom. The molecule has 0 spiro atoms. The highest BCUT2D eigenvalue weighted by Crippen LogP contribution is 2.40. The summed E-state index contributed by atoms with van der Waals surface area (Å²) in [4.78, 5) is 59.2. The van der Waals surface area contributed by atoms with Gasteiger partial charge in [0.05, 0.1) is 24.2 Å². The lowest BCUT2D eigenvalue weighted by Gasteiger charge is -2.32. The largest absolute Gasteiger partial charge is 0.478 e. The van der Waals surface area contributed by atoms with Crippen LogP contribution in [0.2, 0.25) is 5.02 Å². The zero-order valence-corrected chi connectivity index (χ0v) is 33.0. The topological polar surface area (TPSA) is 185 Å². The molecule has 55 heavy (non-hydrogen) atoms. The Labute approximate surface area is 334 Å². The standard InChI is InChI=1S/C39H41ClN8O5S.ClH/c1-22-23(2)54-38-33(22)34(25-7-10-29(40)11-8-25)44-31(35-46-45-24(3)48(35)38)21-32(49)47-18-13-26(14-19-47)36(50)42-16-5-17-43-37(51)28-9-12-30(39(52)53)27(20-28)6-4-15-41;/h7-12,20,26,31H,5,13-19,21,41H2,1-3H3,(H,42,50)(H,43,51)(H,52,53);1H/t31-;/m0./s1. The molecule has 2 aromatic carbocycles. The van der Waals surface area contributed by atoms with Crippen LogP contribution in [0, 0.1) is 38.5 Å². The summed E-state index contributed by atoms with van der Waals surface area (Å²) in [5.41, 5.74) is 9.71. The summed E-state index contributed by atoms with van der Waals surface area (Å²) in [6, 6.07) is 11.2. The maximum atomic E-state index is 13.8. The molecule has 4 heterocycles. The number of aromatic carboxylic acids is 1. The lowest BCUT2D eigenvalue weighted by molar-refractivity contribution is -0.136. The highest BCUT2D eigenvalue weighted by Gasteiger charge is 2.34. The van der Waals surface area contributed by atoms with Crippen molar-refractivity contribution in [3.63, 3.8) is 0 Å². The molecule has 2 aliphatic rings. The van der Waals surface area contributed by atoms with Gasteiger partial charge in [-0.05, 0) is 75.9 Å². The van der Waals surface area contributed by atoms with Gasteiger partial charge >= 0.3 is 5.97 Å². The van der Waals surface area contributed by atoms with Crippen molar-refractivity contribution in [1.82, 2.24) is 30.3 Å². The molecule has 0 radical (unpaired) electrons. The summed E-state index contributed by atoms with van der Waals surface area (Å²) < 4.78 is 2.03. The van der Waals surface area contributed by atoms with Crippen molar-refractivity contribution in [3.8, 4) is 16.8 Å². The first kappa shape index (κ1) is 41.1. The van der Waals surface area contributed by atoms with Crippen LogP contribution in [0.3, 0.4) is 0 Å². The Morgan fingerprint density at radius 1 is 1.02 bits per heavy atom. The van der Waals surface area contributed by atoms with E-state index in [1.165, 1.54) is 23.1 Å². The first-order valence-corrected chi connectivity index (χ1v) is 18.9. The molecule has 2 aliphatic heterocycles. The quantitative estimate of drug-likeness (QED) is 0.130. The molecule has 16 heteroatoms. The number of piperidine rings is 1. The minimum absolute atomic E-state index is 0. The number of halogens is 2. The van der Waals surface area contributed by atoms with Crippen LogP contribution in [0.5, 0.6) is 0 Å². The van der Waals surface area contributed by atoms with Crippen LogP contribution in [0.15, 0.2) is 47.5 Å². The van der Waals surface area contributed by atoms with Crippen molar-refractivity contribution in [2.75, 3.05) is 32.7 Å². The van der Waals surface area contributed by atoms with Crippen molar-refractivity contribution < 1.29 is 24.3 Å². The molecule has 1 saturated heterocycles. The summed E-state index contributed by atoms with van der Waals surface area (Å²) in [6.07, 6.45) is 1.67. The van der Waals surface area contributed by atoms with Gasteiger partial charge in [-0.2, -0.15) is 0 Å². The zero-order valence-electron chi connectivity index (χ0n) is 30.6. The lowest BCUT2D eigenvalue weighted by atomic mass is 9.95. The number of carbonyl (C=O) groups is 4. The molecule has 5 N–H and O–H groups in total. The number of likely N-dealkylation sites (tertiary alicyclic amines) is 1. The average Bonchev–Trinajstić information content (AvgIpc) is 3.65. The molecule has 0 saturated carbocycles. The van der Waals surface area contributed by atoms with Gasteiger partial charge in [-0.1, -0.05) is 35.6 Å². The van der Waals surface area contributed by atoms with Crippen molar-refractivity contribution in [2.24, 2.45) is 16.6 Å². The van der Waals surface area contributed by atoms with Gasteiger partial charge in [0, 0.05) is 64.3 Å². The van der Waals surface area contributed by atoms with E-state index in [2.05, 4.69) is 46.5 Å². The fourth-order valence-electron chi connectivity index (χ4n) is 6.69. The smallest absolute Gasteiger partial charge is 0.336 e. The molecule has 0 bridgehead atoms. The second-order valence-corrected chi connectivity index (χ2v) is 14.9. The SMILES string of the molecule is Cc1sc2c(c1C)C(c1ccc(Cl)cc1)=N[C@@H](CC(=O)N1CCC(C(=O)NCCCNC(=O)c3ccc(C(=O)O)c(C#CCN)c3)CC1)c1nnc(C)n1-2.Cl. The van der Waals surface area contributed by atoms with E-state index in [4.69, 9.17) is 22.3 Å². The molecular formula is C39H42Cl2N8O5S. The number of rotatable bonds is 10. The van der Waals surface area contributed by atoms with E-state index in [-0.39, 0.29) is 65.7 Å². The van der Waals surface area contributed by atoms with Gasteiger partial charge in [-0.15, -0.1) is 33.9 Å². The number of aliphatic imine (C=N–C) groups is 1. The highest BCUT2D eigenvalue weighted by atomic mass is 35.5. The maximum absolute atomic E-state index is 13.8. The third kappa shape index (κ3) is 9.08. The number of carboxylic acid groups (broad SMARTS) is 1. The number of nitrogens with zero attached hydrogens (tertiary/aromatic N) is 5. The van der Waals surface area contributed by atoms with E-state index in [0.29, 0.717) is 56.3 Å². The van der Waals surface area contributed by atoms with Crippen LogP contribution >= 0.6 is 35.3 Å². The number of nitrogens with two attached hydrogens (primary N) is 1. The monoisotopic (exact) mass is 804 g/mol. The molecule has 288 valence electrons. The number of thiophene rings is 1. The van der Waals surface area contributed by atoms with Gasteiger partial charge in [0.25, 0.3) is 5.91 Å². The van der Waals surface area contributed by atoms with Crippen LogP contribution in [0.4, 0.5) is 0 Å². The minimum Gasteiger partial charge on any atom is -0.478 e. The summed E-state index contributed by atoms with van der Waals surface area (Å²) in [5, 5.41) is 25.6. The summed E-state index contributed by atoms with van der Waals surface area (Å²) in [5.74, 6) is 4.77. The number of fused-ring (bicyclic) bond motifs is 3.